The Bertz CT molecular complexity index is 1320. The smallest absolute Gasteiger partial charge is 0.296 e. The molecule has 6 N–H and O–H groups in total. The van der Waals surface area contributed by atoms with E-state index in [-0.39, 0.29) is 5.96 Å². The number of carbonyl (C=O) groups is 1. The SMILES string of the molecule is CNC(N)=NC(=O)c1cc2c(C)ccc(OCCn3ccnc3)c2[nH]1.CS(=O)(=O)O.CS(=O)(=O)O. The summed E-state index contributed by atoms with van der Waals surface area (Å²) in [6.45, 7) is 3.15. The Hall–Kier alpha value is -3.47. The van der Waals surface area contributed by atoms with Crippen molar-refractivity contribution in [1.29, 1.82) is 0 Å². The van der Waals surface area contributed by atoms with Crippen LogP contribution in [0.5, 0.6) is 5.75 Å². The highest BCUT2D eigenvalue weighted by Gasteiger charge is 2.14. The Balaban J connectivity index is 0.000000519. The van der Waals surface area contributed by atoms with Gasteiger partial charge in [0.25, 0.3) is 26.1 Å². The molecule has 0 fully saturated rings. The maximum Gasteiger partial charge on any atom is 0.296 e. The van der Waals surface area contributed by atoms with Crippen LogP contribution < -0.4 is 15.8 Å². The summed E-state index contributed by atoms with van der Waals surface area (Å²) in [6.07, 6.45) is 6.78. The molecule has 2 heterocycles. The summed E-state index contributed by atoms with van der Waals surface area (Å²) in [7, 11) is -5.73. The number of nitrogens with one attached hydrogen (secondary N) is 2. The lowest BCUT2D eigenvalue weighted by atomic mass is 10.1. The average molecular weight is 533 g/mol. The summed E-state index contributed by atoms with van der Waals surface area (Å²) in [5.41, 5.74) is 7.72. The number of amides is 1. The number of H-pyrrole nitrogens is 1. The van der Waals surface area contributed by atoms with Gasteiger partial charge in [0, 0.05) is 24.8 Å². The second-order valence-electron chi connectivity index (χ2n) is 7.02. The van der Waals surface area contributed by atoms with Crippen LogP contribution in [-0.4, -0.2) is 78.5 Å². The number of fused-ring (bicyclic) bond motifs is 1. The molecular formula is C19H28N6O8S2. The van der Waals surface area contributed by atoms with Crippen LogP contribution in [0.4, 0.5) is 0 Å². The molecule has 16 heteroatoms. The summed E-state index contributed by atoms with van der Waals surface area (Å²) in [5, 5.41) is 3.54. The van der Waals surface area contributed by atoms with Crippen molar-refractivity contribution >= 4 is 43.0 Å². The molecule has 1 amide bonds. The van der Waals surface area contributed by atoms with Crippen LogP contribution in [0, 0.1) is 6.92 Å². The van der Waals surface area contributed by atoms with Gasteiger partial charge in [0.05, 0.1) is 30.9 Å². The third kappa shape index (κ3) is 12.5. The number of imidazole rings is 1. The highest BCUT2D eigenvalue weighted by Crippen LogP contribution is 2.29. The lowest BCUT2D eigenvalue weighted by Gasteiger charge is -2.09. The molecule has 14 nitrogen and oxygen atoms in total. The van der Waals surface area contributed by atoms with Crippen LogP contribution in [0.1, 0.15) is 16.1 Å². The largest absolute Gasteiger partial charge is 0.490 e. The van der Waals surface area contributed by atoms with E-state index in [1.165, 1.54) is 0 Å². The predicted octanol–water partition coefficient (Wildman–Crippen LogP) is 0.434. The number of hydrogen-bond acceptors (Lipinski definition) is 7. The monoisotopic (exact) mass is 532 g/mol. The number of benzene rings is 1. The lowest BCUT2D eigenvalue weighted by molar-refractivity contribution is 0.0998. The molecule has 0 radical (unpaired) electrons. The van der Waals surface area contributed by atoms with Gasteiger partial charge in [-0.25, -0.2) is 4.98 Å². The average Bonchev–Trinajstić information content (AvgIpc) is 3.37. The second kappa shape index (κ2) is 12.8. The third-order valence-electron chi connectivity index (χ3n) is 3.85. The molecule has 0 aliphatic rings. The molecule has 0 unspecified atom stereocenters. The van der Waals surface area contributed by atoms with Gasteiger partial charge in [-0.2, -0.15) is 21.8 Å². The molecule has 0 saturated heterocycles. The number of nitrogens with two attached hydrogens (primary N) is 1. The summed E-state index contributed by atoms with van der Waals surface area (Å²) >= 11 is 0. The van der Waals surface area contributed by atoms with E-state index in [0.717, 1.165) is 16.5 Å². The summed E-state index contributed by atoms with van der Waals surface area (Å²) < 4.78 is 59.5. The van der Waals surface area contributed by atoms with Crippen molar-refractivity contribution in [2.24, 2.45) is 10.7 Å². The van der Waals surface area contributed by atoms with E-state index in [1.54, 1.807) is 25.6 Å². The lowest BCUT2D eigenvalue weighted by Crippen LogP contribution is -2.28. The molecule has 35 heavy (non-hydrogen) atoms. The van der Waals surface area contributed by atoms with Gasteiger partial charge in [0.1, 0.15) is 18.1 Å². The van der Waals surface area contributed by atoms with E-state index in [1.807, 2.05) is 29.8 Å². The number of ether oxygens (including phenoxy) is 1. The van der Waals surface area contributed by atoms with Gasteiger partial charge in [0.15, 0.2) is 5.96 Å². The van der Waals surface area contributed by atoms with Gasteiger partial charge in [-0.3, -0.25) is 13.9 Å². The predicted molar refractivity (Wildman–Crippen MR) is 131 cm³/mol. The highest BCUT2D eigenvalue weighted by molar-refractivity contribution is 7.85. The number of carbonyl (C=O) groups excluding carboxylic acids is 1. The number of guanidine groups is 1. The fourth-order valence-electron chi connectivity index (χ4n) is 2.47. The first kappa shape index (κ1) is 29.6. The van der Waals surface area contributed by atoms with E-state index in [4.69, 9.17) is 19.6 Å². The molecule has 194 valence electrons. The Morgan fingerprint density at radius 2 is 1.83 bits per heavy atom. The zero-order chi connectivity index (χ0) is 26.8. The number of aromatic nitrogens is 3. The van der Waals surface area contributed by atoms with Crippen molar-refractivity contribution in [2.75, 3.05) is 26.2 Å². The first-order valence-electron chi connectivity index (χ1n) is 9.70. The van der Waals surface area contributed by atoms with E-state index < -0.39 is 26.1 Å². The maximum absolute atomic E-state index is 12.2. The first-order chi connectivity index (χ1) is 16.1. The van der Waals surface area contributed by atoms with Gasteiger partial charge < -0.3 is 25.3 Å². The molecule has 0 aliphatic carbocycles. The van der Waals surface area contributed by atoms with Gasteiger partial charge in [-0.05, 0) is 24.6 Å². The third-order valence-corrected chi connectivity index (χ3v) is 3.85. The molecule has 0 spiro atoms. The molecule has 2 aromatic heterocycles. The fourth-order valence-corrected chi connectivity index (χ4v) is 2.47. The minimum atomic E-state index is -3.67. The molecule has 0 aliphatic heterocycles. The van der Waals surface area contributed by atoms with Crippen molar-refractivity contribution in [2.45, 2.75) is 13.5 Å². The molecule has 3 aromatic rings. The molecular weight excluding hydrogens is 504 g/mol. The van der Waals surface area contributed by atoms with Crippen molar-refractivity contribution in [3.63, 3.8) is 0 Å². The number of nitrogens with zero attached hydrogens (tertiary/aromatic N) is 3. The molecule has 0 saturated carbocycles. The zero-order valence-corrected chi connectivity index (χ0v) is 21.1. The van der Waals surface area contributed by atoms with Gasteiger partial charge in [-0.15, -0.1) is 0 Å². The van der Waals surface area contributed by atoms with E-state index >= 15 is 0 Å². The summed E-state index contributed by atoms with van der Waals surface area (Å²) in [5.74, 6) is 0.314. The van der Waals surface area contributed by atoms with Crippen LogP contribution in [0.25, 0.3) is 10.9 Å². The molecule has 3 rings (SSSR count). The van der Waals surface area contributed by atoms with Gasteiger partial charge >= 0.3 is 0 Å². The number of rotatable bonds is 5. The normalized spacial score (nSPS) is 11.7. The Labute approximate surface area is 202 Å². The Morgan fingerprint density at radius 1 is 1.23 bits per heavy atom. The standard InChI is InChI=1S/C17H20N6O2.2CH4O3S/c1-11-3-4-14(25-8-7-23-6-5-20-10-23)15-12(11)9-13(21-15)16(24)22-17(18)19-2;2*1-5(2,3)4/h3-6,9-10,21H,7-8H2,1-2H3,(H3,18,19,22,24);2*1H3,(H,2,3,4). The fraction of sp³-hybridized carbons (Fsp3) is 0.316. The minimum Gasteiger partial charge on any atom is -0.490 e. The van der Waals surface area contributed by atoms with Crippen molar-refractivity contribution in [3.8, 4) is 5.75 Å². The summed E-state index contributed by atoms with van der Waals surface area (Å²) in [6, 6.07) is 5.62. The number of aryl methyl sites for hydroxylation is 1. The van der Waals surface area contributed by atoms with Crippen LogP contribution in [0.3, 0.4) is 0 Å². The highest BCUT2D eigenvalue weighted by atomic mass is 32.2. The van der Waals surface area contributed by atoms with E-state index in [9.17, 15) is 21.6 Å². The Kier molecular flexibility index (Phi) is 10.8. The van der Waals surface area contributed by atoms with E-state index in [2.05, 4.69) is 20.3 Å². The molecule has 0 bridgehead atoms. The van der Waals surface area contributed by atoms with Crippen LogP contribution in [0.2, 0.25) is 0 Å². The number of hydrogen-bond donors (Lipinski definition) is 5. The topological polar surface area (TPSA) is 219 Å². The number of aromatic amines is 1. The van der Waals surface area contributed by atoms with Crippen LogP contribution in [0.15, 0.2) is 41.9 Å². The number of aliphatic imine (C=N–C) groups is 1. The van der Waals surface area contributed by atoms with Crippen molar-refractivity contribution in [1.82, 2.24) is 19.9 Å². The zero-order valence-electron chi connectivity index (χ0n) is 19.5. The second-order valence-corrected chi connectivity index (χ2v) is 9.95. The van der Waals surface area contributed by atoms with Gasteiger partial charge in [-0.1, -0.05) is 6.07 Å². The summed E-state index contributed by atoms with van der Waals surface area (Å²) in [4.78, 5) is 23.1. The Morgan fingerprint density at radius 3 is 2.34 bits per heavy atom. The minimum absolute atomic E-state index is 0.0668. The molecule has 0 atom stereocenters. The van der Waals surface area contributed by atoms with Gasteiger partial charge in [0.2, 0.25) is 0 Å². The quantitative estimate of drug-likeness (QED) is 0.172. The van der Waals surface area contributed by atoms with E-state index in [0.29, 0.717) is 37.1 Å². The maximum atomic E-state index is 12.2. The van der Waals surface area contributed by atoms with Crippen molar-refractivity contribution in [3.05, 3.63) is 48.2 Å². The van der Waals surface area contributed by atoms with Crippen LogP contribution in [-0.2, 0) is 26.8 Å². The first-order valence-corrected chi connectivity index (χ1v) is 13.4. The molecule has 1 aromatic carbocycles. The van der Waals surface area contributed by atoms with Crippen molar-refractivity contribution < 1.29 is 35.5 Å². The van der Waals surface area contributed by atoms with Crippen LogP contribution >= 0.6 is 0 Å².